The van der Waals surface area contributed by atoms with E-state index in [0.717, 1.165) is 22.3 Å². The second-order valence-corrected chi connectivity index (χ2v) is 14.4. The normalized spacial score (nSPS) is 32.5. The fourth-order valence-electron chi connectivity index (χ4n) is 9.00. The largest absolute Gasteiger partial charge is 0.493 e. The van der Waals surface area contributed by atoms with Crippen LogP contribution in [0.15, 0.2) is 6.07 Å². The molecule has 0 amide bonds. The number of aliphatic hydroxyl groups is 1. The monoisotopic (exact) mass is 679 g/mol. The first-order valence-electron chi connectivity index (χ1n) is 16.0. The molecule has 0 aromatic heterocycles. The van der Waals surface area contributed by atoms with Crippen LogP contribution in [-0.2, 0) is 31.0 Å². The van der Waals surface area contributed by atoms with E-state index in [-0.39, 0.29) is 31.4 Å². The van der Waals surface area contributed by atoms with Crippen molar-refractivity contribution in [3.05, 3.63) is 39.4 Å². The van der Waals surface area contributed by atoms with Gasteiger partial charge in [-0.1, -0.05) is 6.07 Å². The summed E-state index contributed by atoms with van der Waals surface area (Å²) >= 11 is 1.37. The molecule has 254 valence electrons. The Morgan fingerprint density at radius 3 is 2.67 bits per heavy atom. The van der Waals surface area contributed by atoms with Crippen LogP contribution < -0.4 is 23.7 Å². The summed E-state index contributed by atoms with van der Waals surface area (Å²) in [6, 6.07) is 3.09. The quantitative estimate of drug-likeness (QED) is 0.280. The van der Waals surface area contributed by atoms with Gasteiger partial charge in [0.1, 0.15) is 17.9 Å². The number of nitrogens with zero attached hydrogens (tertiary/aromatic N) is 3. The van der Waals surface area contributed by atoms with Gasteiger partial charge in [0.05, 0.1) is 30.0 Å². The Balaban J connectivity index is 1.47. The highest BCUT2D eigenvalue weighted by molar-refractivity contribution is 7.99. The second-order valence-electron chi connectivity index (χ2n) is 13.3. The van der Waals surface area contributed by atoms with E-state index < -0.39 is 47.0 Å². The summed E-state index contributed by atoms with van der Waals surface area (Å²) in [5.41, 5.74) is 3.88. The first-order valence-corrected chi connectivity index (χ1v) is 17.0. The Bertz CT molecular complexity index is 1800. The highest BCUT2D eigenvalue weighted by Crippen LogP contribution is 2.71. The standard InChI is InChI=1S/C34H37N3O10S/c1-14-7-17-8-18-19(10-35)37-26(25(36(18)4)22(17)30(27(14)42-6)43-12-41-5)32-23-24(34(37)9-21(34)47-33(40)20(39)11-48-32)31-29(44-13-45-31)15(2)28(23)46-16(3)38/h7,18-21,25-26,32,39H,8-9,11-13H2,1-6H3/t18-,19-,20-,21?,25+,26?,32+,34?/m0/s1. The molecule has 2 aromatic rings. The van der Waals surface area contributed by atoms with Gasteiger partial charge in [-0.15, -0.1) is 11.8 Å². The molecular weight excluding hydrogens is 642 g/mol. The van der Waals surface area contributed by atoms with Crippen LogP contribution in [0.5, 0.6) is 28.7 Å². The lowest BCUT2D eigenvalue weighted by Gasteiger charge is -2.62. The average Bonchev–Trinajstić information content (AvgIpc) is 3.50. The number of benzene rings is 2. The van der Waals surface area contributed by atoms with Gasteiger partial charge in [-0.05, 0) is 38.4 Å². The number of hydrogen-bond donors (Lipinski definition) is 1. The van der Waals surface area contributed by atoms with Gasteiger partial charge in [0, 0.05) is 60.5 Å². The number of rotatable bonds is 5. The van der Waals surface area contributed by atoms with Gasteiger partial charge in [-0.2, -0.15) is 5.26 Å². The number of thioether (sulfide) groups is 1. The molecule has 1 aliphatic carbocycles. The summed E-state index contributed by atoms with van der Waals surface area (Å²) in [5.74, 6) is 1.28. The van der Waals surface area contributed by atoms with Crippen molar-refractivity contribution in [2.75, 3.05) is 40.6 Å². The Morgan fingerprint density at radius 1 is 1.19 bits per heavy atom. The van der Waals surface area contributed by atoms with Crippen LogP contribution in [0.3, 0.4) is 0 Å². The van der Waals surface area contributed by atoms with Crippen molar-refractivity contribution in [1.29, 1.82) is 5.26 Å². The van der Waals surface area contributed by atoms with E-state index in [1.54, 1.807) is 14.2 Å². The number of carbonyl (C=O) groups is 2. The number of ether oxygens (including phenoxy) is 7. The number of piperazine rings is 1. The first kappa shape index (κ1) is 31.5. The molecule has 5 heterocycles. The smallest absolute Gasteiger partial charge is 0.336 e. The number of nitriles is 1. The maximum Gasteiger partial charge on any atom is 0.336 e. The predicted molar refractivity (Wildman–Crippen MR) is 169 cm³/mol. The molecule has 8 atom stereocenters. The highest BCUT2D eigenvalue weighted by atomic mass is 32.2. The fraction of sp³-hybridized carbons (Fsp3) is 0.559. The number of aryl methyl sites for hydroxylation is 1. The molecule has 1 spiro atoms. The molecular formula is C34H37N3O10S. The lowest BCUT2D eigenvalue weighted by Crippen LogP contribution is -2.71. The third-order valence-corrected chi connectivity index (χ3v) is 12.2. The average molecular weight is 680 g/mol. The zero-order valence-electron chi connectivity index (χ0n) is 27.5. The maximum atomic E-state index is 13.2. The van der Waals surface area contributed by atoms with E-state index in [9.17, 15) is 20.0 Å². The minimum absolute atomic E-state index is 0.00421. The van der Waals surface area contributed by atoms with Crippen molar-refractivity contribution in [2.24, 2.45) is 0 Å². The fourth-order valence-corrected chi connectivity index (χ4v) is 10.4. The van der Waals surface area contributed by atoms with Gasteiger partial charge < -0.3 is 38.3 Å². The van der Waals surface area contributed by atoms with Crippen molar-refractivity contribution in [3.63, 3.8) is 0 Å². The minimum atomic E-state index is -1.38. The van der Waals surface area contributed by atoms with Crippen molar-refractivity contribution in [3.8, 4) is 34.8 Å². The van der Waals surface area contributed by atoms with Gasteiger partial charge in [0.25, 0.3) is 0 Å². The van der Waals surface area contributed by atoms with Gasteiger partial charge in [0.15, 0.2) is 35.9 Å². The van der Waals surface area contributed by atoms with Gasteiger partial charge in [-0.25, -0.2) is 4.79 Å². The van der Waals surface area contributed by atoms with Crippen molar-refractivity contribution >= 4 is 23.7 Å². The van der Waals surface area contributed by atoms with Crippen molar-refractivity contribution in [2.45, 2.75) is 80.8 Å². The number of carbonyl (C=O) groups excluding carboxylic acids is 2. The van der Waals surface area contributed by atoms with Crippen LogP contribution >= 0.6 is 11.8 Å². The molecule has 2 saturated heterocycles. The zero-order chi connectivity index (χ0) is 33.8. The molecule has 4 bridgehead atoms. The summed E-state index contributed by atoms with van der Waals surface area (Å²) < 4.78 is 41.9. The number of fused-ring (bicyclic) bond motifs is 8. The summed E-state index contributed by atoms with van der Waals surface area (Å²) in [4.78, 5) is 30.4. The number of aliphatic hydroxyl groups excluding tert-OH is 1. The first-order chi connectivity index (χ1) is 23.1. The maximum absolute atomic E-state index is 13.2. The molecule has 3 unspecified atom stereocenters. The molecule has 3 fully saturated rings. The topological polar surface area (TPSA) is 149 Å². The highest BCUT2D eigenvalue weighted by Gasteiger charge is 2.74. The lowest BCUT2D eigenvalue weighted by atomic mass is 9.70. The molecule has 1 saturated carbocycles. The Morgan fingerprint density at radius 2 is 1.96 bits per heavy atom. The third kappa shape index (κ3) is 4.11. The predicted octanol–water partition coefficient (Wildman–Crippen LogP) is 2.80. The second kappa shape index (κ2) is 11.1. The number of esters is 2. The Labute approximate surface area is 281 Å². The van der Waals surface area contributed by atoms with E-state index in [1.807, 2.05) is 20.9 Å². The number of hydrogen-bond acceptors (Lipinski definition) is 14. The number of likely N-dealkylation sites (N-methyl/N-ethyl adjacent to an activating group) is 1. The van der Waals surface area contributed by atoms with E-state index in [1.165, 1.54) is 18.7 Å². The summed E-state index contributed by atoms with van der Waals surface area (Å²) in [6.45, 7) is 5.12. The van der Waals surface area contributed by atoms with Crippen LogP contribution in [0.4, 0.5) is 0 Å². The van der Waals surface area contributed by atoms with Crippen molar-refractivity contribution in [1.82, 2.24) is 9.80 Å². The summed E-state index contributed by atoms with van der Waals surface area (Å²) in [5, 5.41) is 21.5. The SMILES string of the molecule is COCOc1c(OC)c(C)cc2c1[C@@H]1C3[C@@H]4SC[C@H](O)C(=O)OC5CC5(c5c6c(c(C)c(OC(C)=O)c54)OCO6)N3[C@@H](C#N)[C@H](C2)N1C. The van der Waals surface area contributed by atoms with Crippen molar-refractivity contribution < 1.29 is 47.9 Å². The third-order valence-electron chi connectivity index (χ3n) is 10.8. The molecule has 8 rings (SSSR count). The zero-order valence-corrected chi connectivity index (χ0v) is 28.3. The van der Waals surface area contributed by atoms with Crippen LogP contribution in [-0.4, -0.2) is 97.8 Å². The minimum Gasteiger partial charge on any atom is -0.493 e. The van der Waals surface area contributed by atoms with E-state index in [4.69, 9.17) is 33.2 Å². The van der Waals surface area contributed by atoms with Crippen LogP contribution in [0.1, 0.15) is 58.0 Å². The molecule has 14 heteroatoms. The molecule has 6 aliphatic rings. The summed E-state index contributed by atoms with van der Waals surface area (Å²) in [7, 11) is 5.20. The molecule has 13 nitrogen and oxygen atoms in total. The van der Waals surface area contributed by atoms with E-state index >= 15 is 0 Å². The molecule has 5 aliphatic heterocycles. The van der Waals surface area contributed by atoms with E-state index in [0.29, 0.717) is 52.7 Å². The van der Waals surface area contributed by atoms with Gasteiger partial charge in [-0.3, -0.25) is 14.6 Å². The molecule has 1 N–H and O–H groups in total. The Hall–Kier alpha value is -3.74. The van der Waals surface area contributed by atoms with E-state index in [2.05, 4.69) is 21.9 Å². The molecule has 48 heavy (non-hydrogen) atoms. The lowest BCUT2D eigenvalue weighted by molar-refractivity contribution is -0.158. The van der Waals surface area contributed by atoms with Crippen LogP contribution in [0, 0.1) is 25.2 Å². The Kier molecular flexibility index (Phi) is 7.32. The van der Waals surface area contributed by atoms with Gasteiger partial charge >= 0.3 is 11.9 Å². The molecule has 0 radical (unpaired) electrons. The van der Waals surface area contributed by atoms with Crippen LogP contribution in [0.2, 0.25) is 0 Å². The summed E-state index contributed by atoms with van der Waals surface area (Å²) in [6.07, 6.45) is -1.17. The van der Waals surface area contributed by atoms with Gasteiger partial charge in [0.2, 0.25) is 6.79 Å². The number of methoxy groups -OCH3 is 2. The molecule has 2 aromatic carbocycles. The van der Waals surface area contributed by atoms with Crippen LogP contribution in [0.25, 0.3) is 0 Å².